The third-order valence-electron chi connectivity index (χ3n) is 11.3. The van der Waals surface area contributed by atoms with Crippen molar-refractivity contribution < 1.29 is 28.8 Å². The first kappa shape index (κ1) is 24.4. The van der Waals surface area contributed by atoms with E-state index in [0.717, 1.165) is 43.6 Å². The van der Waals surface area contributed by atoms with Gasteiger partial charge in [-0.2, -0.15) is 0 Å². The number of hydrogen-bond donors (Lipinski definition) is 1. The van der Waals surface area contributed by atoms with Gasteiger partial charge in [-0.25, -0.2) is 4.79 Å². The monoisotopic (exact) mass is 499 g/mol. The lowest BCUT2D eigenvalue weighted by molar-refractivity contribution is -0.310. The number of carbonyl (C=O) groups is 1. The molecule has 0 radical (unpaired) electrons. The van der Waals surface area contributed by atoms with Crippen molar-refractivity contribution >= 4 is 6.09 Å². The maximum absolute atomic E-state index is 13.3. The first-order valence-electron chi connectivity index (χ1n) is 13.5. The number of methoxy groups -OCH3 is 2. The van der Waals surface area contributed by atoms with Crippen LogP contribution in [0.4, 0.5) is 4.79 Å². The maximum atomic E-state index is 13.3. The summed E-state index contributed by atoms with van der Waals surface area (Å²) in [7, 11) is 3.49. The van der Waals surface area contributed by atoms with E-state index in [1.165, 1.54) is 11.1 Å². The van der Waals surface area contributed by atoms with Crippen LogP contribution in [0.3, 0.4) is 0 Å². The lowest BCUT2D eigenvalue weighted by Gasteiger charge is -2.75. The summed E-state index contributed by atoms with van der Waals surface area (Å²) in [4.78, 5) is 15.3. The molecule has 36 heavy (non-hydrogen) atoms. The number of fused-ring (bicyclic) bond motifs is 2. The highest BCUT2D eigenvalue weighted by Gasteiger charge is 2.82. The second kappa shape index (κ2) is 7.31. The van der Waals surface area contributed by atoms with Gasteiger partial charge in [0.05, 0.1) is 19.3 Å². The standard InChI is InChI=1S/C29H41NO6/c1-8-35-24(31)30-14-13-28-21-17-9-10-18(33-6)22(21)36-23(28)29(34-7)12-11-27(28,20(30)15-17)16-19(29)26(5,32)25(2,3)4/h9-10,19-20,23,32H,8,11-16H2,1-7H3/t19-,20-,23?,26-,27?,28?,29-/m1/s1. The number of benzene rings is 1. The third-order valence-corrected chi connectivity index (χ3v) is 11.3. The zero-order valence-corrected chi connectivity index (χ0v) is 22.8. The predicted molar refractivity (Wildman–Crippen MR) is 135 cm³/mol. The van der Waals surface area contributed by atoms with Crippen LogP contribution < -0.4 is 9.47 Å². The third kappa shape index (κ3) is 2.50. The van der Waals surface area contributed by atoms with E-state index >= 15 is 0 Å². The normalized spacial score (nSPS) is 39.2. The van der Waals surface area contributed by atoms with Gasteiger partial charge in [0.2, 0.25) is 0 Å². The van der Waals surface area contributed by atoms with Crippen LogP contribution in [-0.4, -0.2) is 66.8 Å². The number of ether oxygens (including phenoxy) is 4. The molecule has 1 N–H and O–H groups in total. The molecular formula is C29H41NO6. The van der Waals surface area contributed by atoms with E-state index in [-0.39, 0.29) is 40.4 Å². The van der Waals surface area contributed by atoms with Gasteiger partial charge in [0.25, 0.3) is 0 Å². The number of piperidine rings is 1. The topological polar surface area (TPSA) is 77.5 Å². The highest BCUT2D eigenvalue weighted by Crippen LogP contribution is 2.78. The molecular weight excluding hydrogens is 458 g/mol. The minimum atomic E-state index is -1.01. The Morgan fingerprint density at radius 1 is 1.19 bits per heavy atom. The lowest BCUT2D eigenvalue weighted by Crippen LogP contribution is -2.83. The molecule has 7 atom stereocenters. The fourth-order valence-corrected chi connectivity index (χ4v) is 9.21. The minimum absolute atomic E-state index is 0.0170. The second-order valence-electron chi connectivity index (χ2n) is 12.9. The smallest absolute Gasteiger partial charge is 0.410 e. The van der Waals surface area contributed by atoms with Crippen LogP contribution in [0.2, 0.25) is 0 Å². The Kier molecular flexibility index (Phi) is 4.95. The van der Waals surface area contributed by atoms with Crippen LogP contribution in [0.25, 0.3) is 0 Å². The van der Waals surface area contributed by atoms with Gasteiger partial charge in [-0.1, -0.05) is 26.8 Å². The Morgan fingerprint density at radius 3 is 2.58 bits per heavy atom. The van der Waals surface area contributed by atoms with Crippen LogP contribution >= 0.6 is 0 Å². The van der Waals surface area contributed by atoms with Gasteiger partial charge in [0.15, 0.2) is 11.5 Å². The molecule has 2 aliphatic heterocycles. The van der Waals surface area contributed by atoms with Gasteiger partial charge in [0.1, 0.15) is 11.7 Å². The maximum Gasteiger partial charge on any atom is 0.410 e. The fraction of sp³-hybridized carbons (Fsp3) is 0.759. The summed E-state index contributed by atoms with van der Waals surface area (Å²) in [6.07, 6.45) is 3.55. The minimum Gasteiger partial charge on any atom is -0.493 e. The summed E-state index contributed by atoms with van der Waals surface area (Å²) in [5.41, 5.74) is -0.0667. The van der Waals surface area contributed by atoms with E-state index in [1.54, 1.807) is 14.2 Å². The molecule has 1 aromatic carbocycles. The van der Waals surface area contributed by atoms with E-state index < -0.39 is 11.2 Å². The molecule has 2 heterocycles. The van der Waals surface area contributed by atoms with Gasteiger partial charge < -0.3 is 29.0 Å². The van der Waals surface area contributed by atoms with Crippen LogP contribution in [0.1, 0.15) is 71.4 Å². The Balaban J connectivity index is 1.62. The fourth-order valence-electron chi connectivity index (χ4n) is 9.21. The van der Waals surface area contributed by atoms with E-state index in [2.05, 4.69) is 26.8 Å². The lowest BCUT2D eigenvalue weighted by atomic mass is 9.33. The van der Waals surface area contributed by atoms with E-state index in [0.29, 0.717) is 13.2 Å². The molecule has 3 unspecified atom stereocenters. The molecule has 0 aromatic heterocycles. The molecule has 7 nitrogen and oxygen atoms in total. The van der Waals surface area contributed by atoms with Gasteiger partial charge in [0, 0.05) is 42.0 Å². The van der Waals surface area contributed by atoms with Crippen molar-refractivity contribution in [3.63, 3.8) is 0 Å². The van der Waals surface area contributed by atoms with Gasteiger partial charge in [-0.15, -0.1) is 0 Å². The largest absolute Gasteiger partial charge is 0.493 e. The summed E-state index contributed by atoms with van der Waals surface area (Å²) in [6.45, 7) is 11.1. The van der Waals surface area contributed by atoms with Crippen molar-refractivity contribution in [2.24, 2.45) is 16.7 Å². The van der Waals surface area contributed by atoms with Crippen LogP contribution in [0.15, 0.2) is 12.1 Å². The molecule has 2 spiro atoms. The Hall–Kier alpha value is -1.99. The number of hydrogen-bond acceptors (Lipinski definition) is 6. The molecule has 7 heteroatoms. The van der Waals surface area contributed by atoms with Crippen molar-refractivity contribution in [2.75, 3.05) is 27.4 Å². The first-order chi connectivity index (χ1) is 16.9. The Morgan fingerprint density at radius 2 is 1.94 bits per heavy atom. The summed E-state index contributed by atoms with van der Waals surface area (Å²) in [5, 5.41) is 12.2. The molecule has 3 saturated carbocycles. The van der Waals surface area contributed by atoms with Gasteiger partial charge in [-0.05, 0) is 63.0 Å². The van der Waals surface area contributed by atoms with E-state index in [4.69, 9.17) is 18.9 Å². The van der Waals surface area contributed by atoms with Crippen molar-refractivity contribution in [2.45, 2.75) is 95.5 Å². The van der Waals surface area contributed by atoms with E-state index in [9.17, 15) is 9.90 Å². The number of amides is 1. The summed E-state index contributed by atoms with van der Waals surface area (Å²) < 4.78 is 24.9. The zero-order chi connectivity index (χ0) is 25.9. The van der Waals surface area contributed by atoms with Crippen molar-refractivity contribution in [3.05, 3.63) is 23.3 Å². The van der Waals surface area contributed by atoms with E-state index in [1.807, 2.05) is 24.8 Å². The molecule has 6 aliphatic rings. The molecule has 1 amide bonds. The summed E-state index contributed by atoms with van der Waals surface area (Å²) >= 11 is 0. The number of carbonyl (C=O) groups excluding carboxylic acids is 1. The highest BCUT2D eigenvalue weighted by atomic mass is 16.6. The predicted octanol–water partition coefficient (Wildman–Crippen LogP) is 4.46. The molecule has 4 fully saturated rings. The molecule has 7 rings (SSSR count). The van der Waals surface area contributed by atoms with Crippen LogP contribution in [0.5, 0.6) is 11.5 Å². The summed E-state index contributed by atoms with van der Waals surface area (Å²) in [5.74, 6) is 1.43. The van der Waals surface area contributed by atoms with Gasteiger partial charge >= 0.3 is 6.09 Å². The van der Waals surface area contributed by atoms with Crippen LogP contribution in [0, 0.1) is 16.7 Å². The Labute approximate surface area is 214 Å². The molecule has 4 bridgehead atoms. The first-order valence-corrected chi connectivity index (χ1v) is 13.5. The SMILES string of the molecule is CCOC(=O)N1CCC23c4c5ccc(OC)c4OC2[C@@]2(OC)CCC3(C[C@@H]2[C@@](C)(O)C(C)(C)C)[C@H]1C5. The number of nitrogens with zero attached hydrogens (tertiary/aromatic N) is 1. The number of rotatable bonds is 4. The highest BCUT2D eigenvalue weighted by molar-refractivity contribution is 5.71. The zero-order valence-electron chi connectivity index (χ0n) is 22.8. The molecule has 1 aromatic rings. The number of aliphatic hydroxyl groups is 1. The quantitative estimate of drug-likeness (QED) is 0.659. The molecule has 1 saturated heterocycles. The van der Waals surface area contributed by atoms with Crippen molar-refractivity contribution in [3.8, 4) is 11.5 Å². The van der Waals surface area contributed by atoms with Crippen molar-refractivity contribution in [1.29, 1.82) is 0 Å². The Bertz CT molecular complexity index is 1110. The average Bonchev–Trinajstić information content (AvgIpc) is 3.20. The number of likely N-dealkylation sites (tertiary alicyclic amines) is 1. The van der Waals surface area contributed by atoms with Crippen LogP contribution in [-0.2, 0) is 21.3 Å². The van der Waals surface area contributed by atoms with Gasteiger partial charge in [-0.3, -0.25) is 0 Å². The average molecular weight is 500 g/mol. The van der Waals surface area contributed by atoms with Crippen molar-refractivity contribution in [1.82, 2.24) is 4.90 Å². The summed E-state index contributed by atoms with van der Waals surface area (Å²) in [6, 6.07) is 4.13. The molecule has 4 aliphatic carbocycles. The molecule has 198 valence electrons. The second-order valence-corrected chi connectivity index (χ2v) is 12.9.